The monoisotopic (exact) mass is 198 g/mol. The first-order valence-corrected chi connectivity index (χ1v) is 4.48. The average molecular weight is 198 g/mol. The summed E-state index contributed by atoms with van der Waals surface area (Å²) in [6.07, 6.45) is 0.800. The first-order valence-electron chi connectivity index (χ1n) is 4.48. The Hall–Kier alpha value is -1.29. The van der Waals surface area contributed by atoms with Gasteiger partial charge in [-0.15, -0.1) is 0 Å². The normalized spacial score (nSPS) is 14.8. The molecular formula is C10H14O4. The number of hydrogen-bond donors (Lipinski definition) is 1. The molecule has 0 bridgehead atoms. The molecule has 0 spiro atoms. The lowest BCUT2D eigenvalue weighted by Crippen LogP contribution is -2.15. The molecule has 0 aromatic carbocycles. The van der Waals surface area contributed by atoms with Crippen molar-refractivity contribution < 1.29 is 19.1 Å². The van der Waals surface area contributed by atoms with Gasteiger partial charge in [0.1, 0.15) is 18.0 Å². The highest BCUT2D eigenvalue weighted by Crippen LogP contribution is 2.19. The van der Waals surface area contributed by atoms with Crippen molar-refractivity contribution in [3.8, 4) is 0 Å². The van der Waals surface area contributed by atoms with Gasteiger partial charge in [0, 0.05) is 13.3 Å². The maximum Gasteiger partial charge on any atom is 0.302 e. The van der Waals surface area contributed by atoms with Crippen LogP contribution in [0.25, 0.3) is 0 Å². The molecule has 0 aliphatic rings. The molecule has 0 amide bonds. The molecule has 4 nitrogen and oxygen atoms in total. The predicted molar refractivity (Wildman–Crippen MR) is 49.5 cm³/mol. The first-order chi connectivity index (χ1) is 6.59. The van der Waals surface area contributed by atoms with Crippen molar-refractivity contribution in [2.45, 2.75) is 32.5 Å². The van der Waals surface area contributed by atoms with Crippen molar-refractivity contribution in [1.82, 2.24) is 0 Å². The van der Waals surface area contributed by atoms with Gasteiger partial charge in [0.25, 0.3) is 0 Å². The molecule has 0 saturated carbocycles. The van der Waals surface area contributed by atoms with Crippen LogP contribution in [0.4, 0.5) is 0 Å². The summed E-state index contributed by atoms with van der Waals surface area (Å²) in [7, 11) is 0. The van der Waals surface area contributed by atoms with E-state index in [1.807, 2.05) is 0 Å². The minimum atomic E-state index is -0.723. The van der Waals surface area contributed by atoms with Gasteiger partial charge in [0.15, 0.2) is 0 Å². The molecule has 1 rings (SSSR count). The molecule has 2 atom stereocenters. The van der Waals surface area contributed by atoms with Crippen LogP contribution in [-0.4, -0.2) is 17.2 Å². The summed E-state index contributed by atoms with van der Waals surface area (Å²) in [5, 5.41) is 9.61. The van der Waals surface area contributed by atoms with E-state index in [2.05, 4.69) is 0 Å². The van der Waals surface area contributed by atoms with Crippen molar-refractivity contribution in [2.24, 2.45) is 0 Å². The van der Waals surface area contributed by atoms with E-state index in [1.165, 1.54) is 13.2 Å². The van der Waals surface area contributed by atoms with E-state index in [0.29, 0.717) is 12.2 Å². The van der Waals surface area contributed by atoms with Gasteiger partial charge in [-0.25, -0.2) is 0 Å². The van der Waals surface area contributed by atoms with Gasteiger partial charge >= 0.3 is 5.97 Å². The maximum atomic E-state index is 10.6. The van der Waals surface area contributed by atoms with E-state index in [0.717, 1.165) is 0 Å². The van der Waals surface area contributed by atoms with Crippen molar-refractivity contribution in [3.63, 3.8) is 0 Å². The number of furan rings is 1. The van der Waals surface area contributed by atoms with Crippen LogP contribution in [0, 0.1) is 0 Å². The first kappa shape index (κ1) is 10.8. The Morgan fingerprint density at radius 1 is 1.71 bits per heavy atom. The van der Waals surface area contributed by atoms with Crippen LogP contribution in [0.3, 0.4) is 0 Å². The number of rotatable bonds is 4. The fourth-order valence-corrected chi connectivity index (χ4v) is 1.24. The highest BCUT2D eigenvalue weighted by Gasteiger charge is 2.16. The largest absolute Gasteiger partial charge is 0.467 e. The Balaban J connectivity index is 2.41. The quantitative estimate of drug-likeness (QED) is 0.747. The molecule has 78 valence electrons. The number of carbonyl (C=O) groups is 1. The number of aliphatic hydroxyl groups is 1. The minimum absolute atomic E-state index is 0.312. The molecular weight excluding hydrogens is 184 g/mol. The summed E-state index contributed by atoms with van der Waals surface area (Å²) in [5.41, 5.74) is 0. The molecule has 0 aliphatic heterocycles. The van der Waals surface area contributed by atoms with Crippen LogP contribution in [0.2, 0.25) is 0 Å². The zero-order valence-corrected chi connectivity index (χ0v) is 8.27. The second kappa shape index (κ2) is 4.81. The lowest BCUT2D eigenvalue weighted by Gasteiger charge is -2.14. The van der Waals surface area contributed by atoms with Gasteiger partial charge < -0.3 is 14.3 Å². The Morgan fingerprint density at radius 2 is 2.43 bits per heavy atom. The summed E-state index contributed by atoms with van der Waals surface area (Å²) < 4.78 is 9.89. The Bertz CT molecular complexity index is 278. The van der Waals surface area contributed by atoms with Crippen molar-refractivity contribution >= 4 is 5.97 Å². The smallest absolute Gasteiger partial charge is 0.302 e. The standard InChI is InChI=1S/C10H14O4/c1-7(14-8(2)11)6-9(12)10-4-3-5-13-10/h3-5,7,9,12H,6H2,1-2H3/t7-,9+/m1/s1. The molecule has 1 aromatic heterocycles. The van der Waals surface area contributed by atoms with Crippen LogP contribution in [-0.2, 0) is 9.53 Å². The molecule has 1 N–H and O–H groups in total. The number of hydrogen-bond acceptors (Lipinski definition) is 4. The molecule has 0 unspecified atom stereocenters. The zero-order valence-electron chi connectivity index (χ0n) is 8.27. The lowest BCUT2D eigenvalue weighted by atomic mass is 10.1. The number of esters is 1. The number of ether oxygens (including phenoxy) is 1. The summed E-state index contributed by atoms with van der Waals surface area (Å²) >= 11 is 0. The SMILES string of the molecule is CC(=O)O[C@H](C)C[C@H](O)c1ccco1. The highest BCUT2D eigenvalue weighted by molar-refractivity contribution is 5.66. The van der Waals surface area contributed by atoms with Gasteiger partial charge in [0.05, 0.1) is 6.26 Å². The van der Waals surface area contributed by atoms with Crippen LogP contribution < -0.4 is 0 Å². The topological polar surface area (TPSA) is 59.7 Å². The number of aliphatic hydroxyl groups excluding tert-OH is 1. The molecule has 0 fully saturated rings. The van der Waals surface area contributed by atoms with Crippen LogP contribution in [0.1, 0.15) is 32.1 Å². The molecule has 1 heterocycles. The van der Waals surface area contributed by atoms with Crippen LogP contribution >= 0.6 is 0 Å². The van der Waals surface area contributed by atoms with E-state index < -0.39 is 6.10 Å². The number of carbonyl (C=O) groups excluding carboxylic acids is 1. The summed E-state index contributed by atoms with van der Waals surface area (Å²) in [6.45, 7) is 3.07. The fraction of sp³-hybridized carbons (Fsp3) is 0.500. The third-order valence-electron chi connectivity index (χ3n) is 1.79. The molecule has 0 saturated heterocycles. The maximum absolute atomic E-state index is 10.6. The van der Waals surface area contributed by atoms with Crippen molar-refractivity contribution in [3.05, 3.63) is 24.2 Å². The summed E-state index contributed by atoms with van der Waals surface area (Å²) in [4.78, 5) is 10.6. The Labute approximate surface area is 82.5 Å². The minimum Gasteiger partial charge on any atom is -0.467 e. The van der Waals surface area contributed by atoms with Gasteiger partial charge in [-0.2, -0.15) is 0 Å². The Kier molecular flexibility index (Phi) is 3.71. The van der Waals surface area contributed by atoms with E-state index >= 15 is 0 Å². The van der Waals surface area contributed by atoms with Crippen molar-refractivity contribution in [1.29, 1.82) is 0 Å². The van der Waals surface area contributed by atoms with Crippen LogP contribution in [0.15, 0.2) is 22.8 Å². The molecule has 4 heteroatoms. The Morgan fingerprint density at radius 3 is 2.93 bits per heavy atom. The second-order valence-corrected chi connectivity index (χ2v) is 3.19. The third-order valence-corrected chi connectivity index (χ3v) is 1.79. The van der Waals surface area contributed by atoms with Crippen LogP contribution in [0.5, 0.6) is 0 Å². The van der Waals surface area contributed by atoms with Gasteiger partial charge in [-0.3, -0.25) is 4.79 Å². The molecule has 14 heavy (non-hydrogen) atoms. The average Bonchev–Trinajstić information content (AvgIpc) is 2.53. The molecule has 0 aliphatic carbocycles. The summed E-state index contributed by atoms with van der Waals surface area (Å²) in [5.74, 6) is 0.146. The second-order valence-electron chi connectivity index (χ2n) is 3.19. The van der Waals surface area contributed by atoms with Crippen molar-refractivity contribution in [2.75, 3.05) is 0 Å². The molecule has 1 aromatic rings. The highest BCUT2D eigenvalue weighted by atomic mass is 16.5. The summed E-state index contributed by atoms with van der Waals surface area (Å²) in [6, 6.07) is 3.39. The van der Waals surface area contributed by atoms with Gasteiger partial charge in [-0.1, -0.05) is 0 Å². The fourth-order valence-electron chi connectivity index (χ4n) is 1.24. The van der Waals surface area contributed by atoms with E-state index in [-0.39, 0.29) is 12.1 Å². The van der Waals surface area contributed by atoms with E-state index in [1.54, 1.807) is 19.1 Å². The van der Waals surface area contributed by atoms with Gasteiger partial charge in [-0.05, 0) is 19.1 Å². The third kappa shape index (κ3) is 3.22. The predicted octanol–water partition coefficient (Wildman–Crippen LogP) is 1.65. The van der Waals surface area contributed by atoms with E-state index in [4.69, 9.17) is 9.15 Å². The van der Waals surface area contributed by atoms with E-state index in [9.17, 15) is 9.90 Å². The zero-order chi connectivity index (χ0) is 10.6. The molecule has 0 radical (unpaired) electrons. The van der Waals surface area contributed by atoms with Gasteiger partial charge in [0.2, 0.25) is 0 Å². The lowest BCUT2D eigenvalue weighted by molar-refractivity contribution is -0.146.